The van der Waals surface area contributed by atoms with E-state index in [0.29, 0.717) is 30.2 Å². The zero-order chi connectivity index (χ0) is 20.6. The smallest absolute Gasteiger partial charge is 0.289 e. The van der Waals surface area contributed by atoms with Gasteiger partial charge in [0.1, 0.15) is 11.4 Å². The summed E-state index contributed by atoms with van der Waals surface area (Å²) in [7, 11) is 0. The molecule has 8 nitrogen and oxygen atoms in total. The number of benzene rings is 2. The average Bonchev–Trinajstić information content (AvgIpc) is 3.22. The molecule has 1 aromatic heterocycles. The molecule has 150 valence electrons. The summed E-state index contributed by atoms with van der Waals surface area (Å²) < 4.78 is 10.7. The van der Waals surface area contributed by atoms with E-state index in [1.165, 1.54) is 12.3 Å². The number of hydrazone groups is 1. The highest BCUT2D eigenvalue weighted by molar-refractivity contribution is 5.94. The molecule has 2 aromatic carbocycles. The van der Waals surface area contributed by atoms with Crippen molar-refractivity contribution in [3.8, 4) is 28.5 Å². The number of hydrogen-bond donors (Lipinski definition) is 3. The van der Waals surface area contributed by atoms with Crippen LogP contribution in [0.25, 0.3) is 11.3 Å². The van der Waals surface area contributed by atoms with E-state index >= 15 is 0 Å². The van der Waals surface area contributed by atoms with Crippen molar-refractivity contribution in [2.24, 2.45) is 5.10 Å². The second-order valence-corrected chi connectivity index (χ2v) is 5.98. The normalized spacial score (nSPS) is 10.8. The molecule has 0 saturated carbocycles. The molecule has 1 heterocycles. The number of aromatic amines is 1. The summed E-state index contributed by atoms with van der Waals surface area (Å²) >= 11 is 0. The van der Waals surface area contributed by atoms with Gasteiger partial charge < -0.3 is 14.6 Å². The van der Waals surface area contributed by atoms with Crippen LogP contribution in [0.5, 0.6) is 17.2 Å². The lowest BCUT2D eigenvalue weighted by molar-refractivity contribution is 0.0950. The van der Waals surface area contributed by atoms with Crippen molar-refractivity contribution in [2.75, 3.05) is 13.2 Å². The van der Waals surface area contributed by atoms with Gasteiger partial charge >= 0.3 is 0 Å². The molecular weight excluding hydrogens is 372 g/mol. The fraction of sp³-hybridized carbons (Fsp3) is 0.190. The lowest BCUT2D eigenvalue weighted by atomic mass is 10.1. The van der Waals surface area contributed by atoms with Crippen molar-refractivity contribution in [3.63, 3.8) is 0 Å². The standard InChI is InChI=1S/C21H22N4O4/c1-3-28-16-8-6-15(7-9-16)17-12-18(24-23-17)21(27)25-22-13-14-5-10-19(26)20(11-14)29-4-2/h5-13,26H,3-4H2,1-2H3,(H,23,24)(H,25,27)/b22-13-. The molecule has 1 amide bonds. The van der Waals surface area contributed by atoms with Crippen LogP contribution in [0.4, 0.5) is 0 Å². The number of carbonyl (C=O) groups excluding carboxylic acids is 1. The first-order valence-corrected chi connectivity index (χ1v) is 9.18. The Morgan fingerprint density at radius 2 is 1.90 bits per heavy atom. The summed E-state index contributed by atoms with van der Waals surface area (Å²) in [4.78, 5) is 12.3. The molecule has 0 radical (unpaired) electrons. The number of aromatic nitrogens is 2. The number of nitrogens with one attached hydrogen (secondary N) is 2. The second kappa shape index (κ2) is 9.41. The zero-order valence-electron chi connectivity index (χ0n) is 16.2. The zero-order valence-corrected chi connectivity index (χ0v) is 16.2. The Hall–Kier alpha value is -3.81. The number of carbonyl (C=O) groups is 1. The minimum Gasteiger partial charge on any atom is -0.504 e. The number of amides is 1. The first-order valence-electron chi connectivity index (χ1n) is 9.18. The molecule has 3 rings (SSSR count). The number of phenols is 1. The average molecular weight is 394 g/mol. The highest BCUT2D eigenvalue weighted by Gasteiger charge is 2.10. The van der Waals surface area contributed by atoms with Crippen LogP contribution in [0, 0.1) is 0 Å². The molecule has 0 fully saturated rings. The van der Waals surface area contributed by atoms with Gasteiger partial charge in [-0.3, -0.25) is 9.89 Å². The van der Waals surface area contributed by atoms with Gasteiger partial charge in [0, 0.05) is 5.56 Å². The number of aromatic hydroxyl groups is 1. The number of hydrogen-bond acceptors (Lipinski definition) is 6. The largest absolute Gasteiger partial charge is 0.504 e. The van der Waals surface area contributed by atoms with E-state index in [4.69, 9.17) is 9.47 Å². The van der Waals surface area contributed by atoms with Crippen LogP contribution in [0.2, 0.25) is 0 Å². The molecule has 0 aliphatic rings. The van der Waals surface area contributed by atoms with E-state index in [0.717, 1.165) is 11.3 Å². The Bertz CT molecular complexity index is 996. The van der Waals surface area contributed by atoms with Gasteiger partial charge in [0.25, 0.3) is 5.91 Å². The Morgan fingerprint density at radius 3 is 2.62 bits per heavy atom. The van der Waals surface area contributed by atoms with Crippen LogP contribution in [-0.4, -0.2) is 40.6 Å². The third kappa shape index (κ3) is 5.13. The Labute approximate surface area is 168 Å². The van der Waals surface area contributed by atoms with E-state index in [1.807, 2.05) is 38.1 Å². The van der Waals surface area contributed by atoms with Crippen molar-refractivity contribution in [2.45, 2.75) is 13.8 Å². The van der Waals surface area contributed by atoms with E-state index in [2.05, 4.69) is 20.7 Å². The van der Waals surface area contributed by atoms with E-state index in [1.54, 1.807) is 18.2 Å². The highest BCUT2D eigenvalue weighted by Crippen LogP contribution is 2.26. The molecule has 0 unspecified atom stereocenters. The van der Waals surface area contributed by atoms with Crippen molar-refractivity contribution in [1.29, 1.82) is 0 Å². The Balaban J connectivity index is 1.63. The maximum absolute atomic E-state index is 12.3. The fourth-order valence-electron chi connectivity index (χ4n) is 2.58. The van der Waals surface area contributed by atoms with Crippen molar-refractivity contribution in [1.82, 2.24) is 15.6 Å². The monoisotopic (exact) mass is 394 g/mol. The molecular formula is C21H22N4O4. The quantitative estimate of drug-likeness (QED) is 0.401. The third-order valence-electron chi connectivity index (χ3n) is 3.95. The molecule has 0 atom stereocenters. The van der Waals surface area contributed by atoms with E-state index in [9.17, 15) is 9.90 Å². The maximum Gasteiger partial charge on any atom is 0.289 e. The lowest BCUT2D eigenvalue weighted by Crippen LogP contribution is -2.18. The van der Waals surface area contributed by atoms with Crippen LogP contribution in [0.15, 0.2) is 53.6 Å². The van der Waals surface area contributed by atoms with Crippen LogP contribution in [-0.2, 0) is 0 Å². The third-order valence-corrected chi connectivity index (χ3v) is 3.95. The molecule has 3 N–H and O–H groups in total. The molecule has 0 bridgehead atoms. The van der Waals surface area contributed by atoms with Crippen molar-refractivity contribution >= 4 is 12.1 Å². The van der Waals surface area contributed by atoms with Gasteiger partial charge in [-0.2, -0.15) is 10.2 Å². The van der Waals surface area contributed by atoms with E-state index in [-0.39, 0.29) is 11.4 Å². The number of nitrogens with zero attached hydrogens (tertiary/aromatic N) is 2. The van der Waals surface area contributed by atoms with Crippen LogP contribution in [0.1, 0.15) is 29.9 Å². The van der Waals surface area contributed by atoms with E-state index < -0.39 is 5.91 Å². The van der Waals surface area contributed by atoms with Crippen LogP contribution >= 0.6 is 0 Å². The van der Waals surface area contributed by atoms with Gasteiger partial charge in [-0.15, -0.1) is 0 Å². The minimum atomic E-state index is -0.422. The van der Waals surface area contributed by atoms with Crippen molar-refractivity contribution in [3.05, 3.63) is 59.8 Å². The fourth-order valence-corrected chi connectivity index (χ4v) is 2.58. The number of phenolic OH excluding ortho intramolecular Hbond substituents is 1. The number of ether oxygens (including phenoxy) is 2. The maximum atomic E-state index is 12.3. The molecule has 0 aliphatic heterocycles. The van der Waals surface area contributed by atoms with Crippen LogP contribution in [0.3, 0.4) is 0 Å². The molecule has 3 aromatic rings. The molecule has 0 spiro atoms. The first-order chi connectivity index (χ1) is 14.1. The van der Waals surface area contributed by atoms with Gasteiger partial charge in [0.15, 0.2) is 11.5 Å². The molecule has 8 heteroatoms. The summed E-state index contributed by atoms with van der Waals surface area (Å²) in [6.07, 6.45) is 1.46. The Kier molecular flexibility index (Phi) is 6.47. The summed E-state index contributed by atoms with van der Waals surface area (Å²) in [5.41, 5.74) is 4.90. The van der Waals surface area contributed by atoms with Gasteiger partial charge in [-0.05, 0) is 67.9 Å². The molecule has 0 saturated heterocycles. The second-order valence-electron chi connectivity index (χ2n) is 5.98. The number of H-pyrrole nitrogens is 1. The van der Waals surface area contributed by atoms with Gasteiger partial charge in [0.2, 0.25) is 0 Å². The summed E-state index contributed by atoms with van der Waals surface area (Å²) in [6.45, 7) is 4.78. The summed E-state index contributed by atoms with van der Waals surface area (Å²) in [5, 5.41) is 20.5. The predicted octanol–water partition coefficient (Wildman–Crippen LogP) is 3.34. The summed E-state index contributed by atoms with van der Waals surface area (Å²) in [5.74, 6) is 0.763. The topological polar surface area (TPSA) is 109 Å². The molecule has 0 aliphatic carbocycles. The van der Waals surface area contributed by atoms with Gasteiger partial charge in [0.05, 0.1) is 25.1 Å². The number of rotatable bonds is 8. The van der Waals surface area contributed by atoms with Gasteiger partial charge in [-0.1, -0.05) is 0 Å². The highest BCUT2D eigenvalue weighted by atomic mass is 16.5. The van der Waals surface area contributed by atoms with Crippen molar-refractivity contribution < 1.29 is 19.4 Å². The minimum absolute atomic E-state index is 0.0484. The summed E-state index contributed by atoms with van der Waals surface area (Å²) in [6, 6.07) is 13.9. The lowest BCUT2D eigenvalue weighted by Gasteiger charge is -2.05. The first kappa shape index (κ1) is 19.9. The predicted molar refractivity (Wildman–Crippen MR) is 110 cm³/mol. The SMILES string of the molecule is CCOc1ccc(-c2cc(C(=O)N/N=C\c3ccc(O)c(OCC)c3)[nH]n2)cc1. The Morgan fingerprint density at radius 1 is 1.14 bits per heavy atom. The van der Waals surface area contributed by atoms with Gasteiger partial charge in [-0.25, -0.2) is 5.43 Å². The van der Waals surface area contributed by atoms with Crippen LogP contribution < -0.4 is 14.9 Å². The molecule has 29 heavy (non-hydrogen) atoms.